The zero-order valence-electron chi connectivity index (χ0n) is 18.9. The van der Waals surface area contributed by atoms with E-state index in [4.69, 9.17) is 10.7 Å². The quantitative estimate of drug-likeness (QED) is 0.529. The van der Waals surface area contributed by atoms with Crippen molar-refractivity contribution in [1.82, 2.24) is 24.6 Å². The number of carbonyl (C=O) groups is 1. The number of nitrogens with one attached hydrogen (secondary N) is 1. The summed E-state index contributed by atoms with van der Waals surface area (Å²) in [6, 6.07) is 5.96. The van der Waals surface area contributed by atoms with Crippen LogP contribution in [0.4, 0.5) is 17.3 Å². The summed E-state index contributed by atoms with van der Waals surface area (Å²) in [4.78, 5) is 25.6. The van der Waals surface area contributed by atoms with Gasteiger partial charge in [0.05, 0.1) is 18.0 Å². The van der Waals surface area contributed by atoms with Gasteiger partial charge in [0.2, 0.25) is 5.95 Å². The minimum absolute atomic E-state index is 0.0451. The van der Waals surface area contributed by atoms with Gasteiger partial charge < -0.3 is 26.0 Å². The predicted molar refractivity (Wildman–Crippen MR) is 126 cm³/mol. The number of aryl methyl sites for hydroxylation is 2. The Morgan fingerprint density at radius 2 is 1.97 bits per heavy atom. The topological polar surface area (TPSA) is 125 Å². The number of nitrogens with zero attached hydrogens (tertiary/aromatic N) is 6. The number of hydrogen-bond donors (Lipinski definition) is 3. The molecule has 1 saturated heterocycles. The lowest BCUT2D eigenvalue weighted by Crippen LogP contribution is -2.44. The lowest BCUT2D eigenvalue weighted by atomic mass is 9.93. The highest BCUT2D eigenvalue weighted by atomic mass is 16.3. The number of amides is 1. The third kappa shape index (κ3) is 3.91. The van der Waals surface area contributed by atoms with Crippen molar-refractivity contribution in [3.8, 4) is 11.4 Å². The minimum atomic E-state index is -0.528. The van der Waals surface area contributed by atoms with E-state index in [1.807, 2.05) is 24.4 Å². The van der Waals surface area contributed by atoms with E-state index >= 15 is 0 Å². The molecule has 0 saturated carbocycles. The number of hydrogen-bond acceptors (Lipinski definition) is 8. The summed E-state index contributed by atoms with van der Waals surface area (Å²) >= 11 is 0. The van der Waals surface area contributed by atoms with Gasteiger partial charge in [0, 0.05) is 61.9 Å². The Morgan fingerprint density at radius 1 is 1.18 bits per heavy atom. The SMILES string of the molecule is CN1CCN(c2ccc(Nc3ncc4c(n3)-c3c(c(C(N)=O)nn3C)CC4)cc2CO)CC1. The van der Waals surface area contributed by atoms with E-state index in [0.717, 1.165) is 72.1 Å². The van der Waals surface area contributed by atoms with Crippen molar-refractivity contribution in [1.29, 1.82) is 0 Å². The average Bonchev–Trinajstić information content (AvgIpc) is 3.17. The van der Waals surface area contributed by atoms with Gasteiger partial charge in [-0.25, -0.2) is 9.97 Å². The number of anilines is 3. The summed E-state index contributed by atoms with van der Waals surface area (Å²) in [5.74, 6) is -0.0839. The number of likely N-dealkylation sites (N-methyl/N-ethyl adjacent to an activating group) is 1. The van der Waals surface area contributed by atoms with Crippen LogP contribution in [0.2, 0.25) is 0 Å². The minimum Gasteiger partial charge on any atom is -0.392 e. The van der Waals surface area contributed by atoms with Gasteiger partial charge in [-0.15, -0.1) is 0 Å². The molecular formula is C23H28N8O2. The molecule has 0 radical (unpaired) electrons. The van der Waals surface area contributed by atoms with Crippen LogP contribution < -0.4 is 16.0 Å². The van der Waals surface area contributed by atoms with Crippen LogP contribution in [-0.2, 0) is 26.5 Å². The van der Waals surface area contributed by atoms with Crippen LogP contribution in [0.15, 0.2) is 24.4 Å². The third-order valence-electron chi connectivity index (χ3n) is 6.46. The van der Waals surface area contributed by atoms with Crippen molar-refractivity contribution < 1.29 is 9.90 Å². The molecule has 0 bridgehead atoms. The predicted octanol–water partition coefficient (Wildman–Crippen LogP) is 1.06. The van der Waals surface area contributed by atoms with E-state index < -0.39 is 5.91 Å². The number of aromatic nitrogens is 4. The largest absolute Gasteiger partial charge is 0.392 e. The fourth-order valence-corrected chi connectivity index (χ4v) is 4.69. The standard InChI is InChI=1S/C23H28N8O2/c1-29-7-9-31(10-8-29)18-6-4-16(11-15(18)13-32)26-23-25-12-14-3-5-17-20(22(24)33)28-30(2)21(17)19(14)27-23/h4,6,11-12,32H,3,5,7-10,13H2,1-2H3,(H2,24,33)(H,25,26,27). The first-order chi connectivity index (χ1) is 15.9. The monoisotopic (exact) mass is 448 g/mol. The second-order valence-corrected chi connectivity index (χ2v) is 8.65. The molecule has 0 atom stereocenters. The van der Waals surface area contributed by atoms with E-state index in [1.54, 1.807) is 11.7 Å². The summed E-state index contributed by atoms with van der Waals surface area (Å²) in [5, 5.41) is 17.6. The summed E-state index contributed by atoms with van der Waals surface area (Å²) in [7, 11) is 3.92. The van der Waals surface area contributed by atoms with Gasteiger partial charge in [0.25, 0.3) is 5.91 Å². The summed E-state index contributed by atoms with van der Waals surface area (Å²) in [6.07, 6.45) is 3.22. The van der Waals surface area contributed by atoms with Crippen LogP contribution in [0.5, 0.6) is 0 Å². The highest BCUT2D eigenvalue weighted by Crippen LogP contribution is 2.34. The van der Waals surface area contributed by atoms with Gasteiger partial charge in [0.15, 0.2) is 5.69 Å². The maximum absolute atomic E-state index is 11.8. The maximum Gasteiger partial charge on any atom is 0.269 e. The van der Waals surface area contributed by atoms with Gasteiger partial charge in [-0.3, -0.25) is 9.48 Å². The van der Waals surface area contributed by atoms with E-state index in [9.17, 15) is 9.90 Å². The van der Waals surface area contributed by atoms with Gasteiger partial charge in [-0.1, -0.05) is 0 Å². The first kappa shape index (κ1) is 21.4. The molecule has 33 heavy (non-hydrogen) atoms. The Balaban J connectivity index is 1.43. The lowest BCUT2D eigenvalue weighted by Gasteiger charge is -2.35. The normalized spacial score (nSPS) is 15.8. The number of fused-ring (bicyclic) bond motifs is 3. The number of nitrogens with two attached hydrogens (primary N) is 1. The Kier molecular flexibility index (Phi) is 5.47. The van der Waals surface area contributed by atoms with Crippen molar-refractivity contribution in [3.63, 3.8) is 0 Å². The first-order valence-corrected chi connectivity index (χ1v) is 11.1. The maximum atomic E-state index is 11.8. The molecule has 1 amide bonds. The molecule has 172 valence electrons. The Hall–Kier alpha value is -3.50. The van der Waals surface area contributed by atoms with Crippen LogP contribution in [0.1, 0.15) is 27.2 Å². The fourth-order valence-electron chi connectivity index (χ4n) is 4.69. The Morgan fingerprint density at radius 3 is 2.70 bits per heavy atom. The molecule has 3 heterocycles. The lowest BCUT2D eigenvalue weighted by molar-refractivity contribution is 0.0994. The van der Waals surface area contributed by atoms with Gasteiger partial charge in [-0.05, 0) is 43.7 Å². The van der Waals surface area contributed by atoms with Gasteiger partial charge in [-0.2, -0.15) is 5.10 Å². The second kappa shape index (κ2) is 8.45. The van der Waals surface area contributed by atoms with Crippen LogP contribution in [-0.4, -0.2) is 68.9 Å². The number of carbonyl (C=O) groups excluding carboxylic acids is 1. The molecule has 4 N–H and O–H groups in total. The molecular weight excluding hydrogens is 420 g/mol. The van der Waals surface area contributed by atoms with Gasteiger partial charge >= 0.3 is 0 Å². The zero-order chi connectivity index (χ0) is 23.1. The van der Waals surface area contributed by atoms with E-state index in [1.165, 1.54) is 0 Å². The third-order valence-corrected chi connectivity index (χ3v) is 6.46. The molecule has 1 aliphatic carbocycles. The first-order valence-electron chi connectivity index (χ1n) is 11.1. The number of rotatable bonds is 5. The Bertz CT molecular complexity index is 1210. The van der Waals surface area contributed by atoms with Gasteiger partial charge in [0.1, 0.15) is 0 Å². The molecule has 1 aliphatic heterocycles. The fraction of sp³-hybridized carbons (Fsp3) is 0.391. The van der Waals surface area contributed by atoms with Crippen LogP contribution >= 0.6 is 0 Å². The van der Waals surface area contributed by atoms with Crippen molar-refractivity contribution in [2.45, 2.75) is 19.4 Å². The average molecular weight is 449 g/mol. The molecule has 10 heteroatoms. The summed E-state index contributed by atoms with van der Waals surface area (Å²) < 4.78 is 1.67. The highest BCUT2D eigenvalue weighted by molar-refractivity contribution is 5.94. The number of aliphatic hydroxyl groups is 1. The van der Waals surface area contributed by atoms with Crippen molar-refractivity contribution in [2.24, 2.45) is 12.8 Å². The molecule has 1 fully saturated rings. The summed E-state index contributed by atoms with van der Waals surface area (Å²) in [5.41, 5.74) is 11.9. The van der Waals surface area contributed by atoms with Crippen LogP contribution in [0, 0.1) is 0 Å². The smallest absolute Gasteiger partial charge is 0.269 e. The Labute approximate surface area is 192 Å². The molecule has 1 aromatic carbocycles. The number of benzene rings is 1. The summed E-state index contributed by atoms with van der Waals surface area (Å²) in [6.45, 7) is 3.83. The molecule has 0 spiro atoms. The number of piperazine rings is 1. The molecule has 2 aliphatic rings. The molecule has 5 rings (SSSR count). The van der Waals surface area contributed by atoms with E-state index in [0.29, 0.717) is 18.1 Å². The van der Waals surface area contributed by atoms with Crippen molar-refractivity contribution in [2.75, 3.05) is 43.4 Å². The van der Waals surface area contributed by atoms with Crippen molar-refractivity contribution >= 4 is 23.2 Å². The highest BCUT2D eigenvalue weighted by Gasteiger charge is 2.28. The molecule has 0 unspecified atom stereocenters. The molecule has 10 nitrogen and oxygen atoms in total. The zero-order valence-corrected chi connectivity index (χ0v) is 18.9. The van der Waals surface area contributed by atoms with E-state index in [2.05, 4.69) is 32.2 Å². The molecule has 2 aromatic heterocycles. The number of primary amides is 1. The van der Waals surface area contributed by atoms with Crippen molar-refractivity contribution in [3.05, 3.63) is 46.8 Å². The molecule has 3 aromatic rings. The van der Waals surface area contributed by atoms with Crippen LogP contribution in [0.25, 0.3) is 11.4 Å². The van der Waals surface area contributed by atoms with E-state index in [-0.39, 0.29) is 6.61 Å². The number of aliphatic hydroxyl groups excluding tert-OH is 1. The van der Waals surface area contributed by atoms with Crippen LogP contribution in [0.3, 0.4) is 0 Å². The second-order valence-electron chi connectivity index (χ2n) is 8.65.